The van der Waals surface area contributed by atoms with E-state index in [9.17, 15) is 23.1 Å². The van der Waals surface area contributed by atoms with Gasteiger partial charge in [-0.2, -0.15) is 8.42 Å². The fourth-order valence-corrected chi connectivity index (χ4v) is 4.85. The Kier molecular flexibility index (Phi) is 15.1. The van der Waals surface area contributed by atoms with Crippen LogP contribution in [-0.2, 0) is 37.4 Å². The Labute approximate surface area is 263 Å². The normalized spacial score (nSPS) is 12.4. The lowest BCUT2D eigenvalue weighted by Gasteiger charge is -2.18. The van der Waals surface area contributed by atoms with Crippen LogP contribution in [-0.4, -0.2) is 74.1 Å². The Morgan fingerprint density at radius 1 is 1.11 bits per heavy atom. The molecule has 45 heavy (non-hydrogen) atoms. The molecule has 0 saturated carbocycles. The number of carboxylic acid groups (broad SMARTS) is 2. The Bertz CT molecular complexity index is 1500. The van der Waals surface area contributed by atoms with E-state index in [0.717, 1.165) is 47.9 Å². The highest BCUT2D eigenvalue weighted by atomic mass is 32.2. The molecule has 0 aliphatic carbocycles. The number of ether oxygens (including phenoxy) is 1. The van der Waals surface area contributed by atoms with E-state index in [0.29, 0.717) is 38.2 Å². The number of benzene rings is 2. The third-order valence-corrected chi connectivity index (χ3v) is 6.94. The van der Waals surface area contributed by atoms with Crippen molar-refractivity contribution in [3.8, 4) is 5.75 Å². The van der Waals surface area contributed by atoms with Crippen LogP contribution in [0.2, 0.25) is 0 Å². The van der Waals surface area contributed by atoms with Gasteiger partial charge < -0.3 is 39.5 Å². The molecule has 0 spiro atoms. The first-order valence-corrected chi connectivity index (χ1v) is 16.3. The topological polar surface area (TPSA) is 239 Å². The Morgan fingerprint density at radius 3 is 2.42 bits per heavy atom. The molecule has 0 fully saturated rings. The number of hydrogen-bond acceptors (Lipinski definition) is 9. The quantitative estimate of drug-likeness (QED) is 0.0426. The summed E-state index contributed by atoms with van der Waals surface area (Å²) in [6, 6.07) is 14.3. The Morgan fingerprint density at radius 2 is 1.82 bits per heavy atom. The highest BCUT2D eigenvalue weighted by Gasteiger charge is 2.11. The fourth-order valence-electron chi connectivity index (χ4n) is 4.39. The van der Waals surface area contributed by atoms with E-state index in [-0.39, 0.29) is 18.5 Å². The zero-order chi connectivity index (χ0) is 33.4. The van der Waals surface area contributed by atoms with Crippen molar-refractivity contribution >= 4 is 44.6 Å². The van der Waals surface area contributed by atoms with Gasteiger partial charge in [0.05, 0.1) is 18.9 Å². The molecule has 14 nitrogen and oxygen atoms in total. The average Bonchev–Trinajstić information content (AvgIpc) is 3.35. The van der Waals surface area contributed by atoms with Crippen LogP contribution in [0.25, 0.3) is 10.9 Å². The molecule has 3 aromatic rings. The van der Waals surface area contributed by atoms with Gasteiger partial charge in [0.15, 0.2) is 0 Å². The van der Waals surface area contributed by atoms with Gasteiger partial charge in [0.2, 0.25) is 0 Å². The summed E-state index contributed by atoms with van der Waals surface area (Å²) in [6.45, 7) is 4.43. The maximum Gasteiger partial charge on any atom is 0.338 e. The van der Waals surface area contributed by atoms with Crippen LogP contribution in [0.1, 0.15) is 38.2 Å². The second-order valence-corrected chi connectivity index (χ2v) is 11.9. The van der Waals surface area contributed by atoms with Gasteiger partial charge in [-0.15, -0.1) is 0 Å². The smallest absolute Gasteiger partial charge is 0.338 e. The van der Waals surface area contributed by atoms with Gasteiger partial charge in [0.25, 0.3) is 0 Å². The molecule has 2 atom stereocenters. The highest BCUT2D eigenvalue weighted by Crippen LogP contribution is 2.23. The van der Waals surface area contributed by atoms with Crippen LogP contribution in [0.4, 0.5) is 5.69 Å². The number of nitrogens with one attached hydrogen (secondary N) is 2. The molecule has 9 N–H and O–H groups in total. The van der Waals surface area contributed by atoms with Gasteiger partial charge in [-0.1, -0.05) is 12.1 Å². The number of carbonyl (C=O) groups excluding carboxylic acids is 1. The van der Waals surface area contributed by atoms with E-state index in [2.05, 4.69) is 14.9 Å². The number of aliphatic carboxylic acids is 2. The maximum absolute atomic E-state index is 11.3. The number of aromatic nitrogens is 1. The van der Waals surface area contributed by atoms with Crippen molar-refractivity contribution in [2.24, 2.45) is 17.2 Å². The molecule has 3 rings (SSSR count). The second-order valence-electron chi connectivity index (χ2n) is 10.3. The van der Waals surface area contributed by atoms with Crippen molar-refractivity contribution in [3.63, 3.8) is 0 Å². The summed E-state index contributed by atoms with van der Waals surface area (Å²) >= 11 is 0. The van der Waals surface area contributed by atoms with Gasteiger partial charge in [-0.25, -0.2) is 0 Å². The number of anilines is 1. The van der Waals surface area contributed by atoms with Crippen LogP contribution in [0.5, 0.6) is 5.75 Å². The summed E-state index contributed by atoms with van der Waals surface area (Å²) in [4.78, 5) is 23.8. The third kappa shape index (κ3) is 14.8. The molecule has 0 bridgehead atoms. The first-order chi connectivity index (χ1) is 21.3. The fraction of sp³-hybridized carbons (Fsp3) is 0.433. The highest BCUT2D eigenvalue weighted by molar-refractivity contribution is 7.86. The number of aryl methyl sites for hydroxylation is 1. The standard InChI is InChI=1S/C24H30N2O6S.C6H14N4O2/c1-3-31-22(17-24(27)28)15-18-5-7-20(8-6-18)25-12-4-13-26-14-11-19-16-21(9-10-23(19)26)32-33(2,29)30;7-4(5(11)12)2-1-3-10-6(8)9/h5-11,14,16,22,25H,3-4,12-13,15,17H2,1-2H3,(H,27,28);4H,1-3,7H2,(H,11,12)(H4,8,9,10). The number of nitrogens with zero attached hydrogens (tertiary/aromatic N) is 1. The SMILES string of the molecule is CCOC(CC(=O)[O-])Cc1ccc(NCCCn2ccc3cc(OS(C)(=O)=O)ccc32)cc1.NC(N)=[NH+]CCCC(N)C(=O)O. The molecular weight excluding hydrogens is 604 g/mol. The number of fused-ring (bicyclic) bond motifs is 1. The molecular formula is C30H44N6O8S. The van der Waals surface area contributed by atoms with E-state index in [1.54, 1.807) is 12.1 Å². The number of guanidine groups is 1. The summed E-state index contributed by atoms with van der Waals surface area (Å²) in [6.07, 6.45) is 4.96. The molecule has 1 heterocycles. The minimum atomic E-state index is -3.55. The van der Waals surface area contributed by atoms with E-state index >= 15 is 0 Å². The van der Waals surface area contributed by atoms with Gasteiger partial charge in [0.1, 0.15) is 11.8 Å². The molecule has 0 radical (unpaired) electrons. The zero-order valence-corrected chi connectivity index (χ0v) is 26.4. The Hall–Kier alpha value is -4.34. The average molecular weight is 649 g/mol. The van der Waals surface area contributed by atoms with Crippen LogP contribution >= 0.6 is 0 Å². The van der Waals surface area contributed by atoms with Crippen LogP contribution < -0.4 is 36.8 Å². The molecule has 0 saturated heterocycles. The number of carboxylic acids is 2. The molecule has 248 valence electrons. The lowest BCUT2D eigenvalue weighted by Crippen LogP contribution is -2.78. The molecule has 0 aliphatic heterocycles. The third-order valence-electron chi connectivity index (χ3n) is 6.45. The minimum absolute atomic E-state index is 0.117. The van der Waals surface area contributed by atoms with Crippen molar-refractivity contribution in [2.75, 3.05) is 31.3 Å². The molecule has 2 aromatic carbocycles. The lowest BCUT2D eigenvalue weighted by atomic mass is 10.1. The number of rotatable bonds is 18. The van der Waals surface area contributed by atoms with Crippen LogP contribution in [0, 0.1) is 0 Å². The summed E-state index contributed by atoms with van der Waals surface area (Å²) in [5.41, 5.74) is 18.5. The van der Waals surface area contributed by atoms with Crippen molar-refractivity contribution < 1.29 is 42.1 Å². The van der Waals surface area contributed by atoms with E-state index in [4.69, 9.17) is 31.2 Å². The number of hydrogen-bond donors (Lipinski definition) is 6. The van der Waals surface area contributed by atoms with Gasteiger partial charge in [0, 0.05) is 54.9 Å². The van der Waals surface area contributed by atoms with Gasteiger partial charge >= 0.3 is 22.0 Å². The minimum Gasteiger partial charge on any atom is -0.550 e. The Balaban J connectivity index is 0.000000498. The predicted octanol–water partition coefficient (Wildman–Crippen LogP) is -0.898. The van der Waals surface area contributed by atoms with E-state index in [1.807, 2.05) is 49.5 Å². The first-order valence-electron chi connectivity index (χ1n) is 14.5. The van der Waals surface area contributed by atoms with Crippen LogP contribution in [0.3, 0.4) is 0 Å². The lowest BCUT2D eigenvalue weighted by molar-refractivity contribution is -0.459. The van der Waals surface area contributed by atoms with E-state index < -0.39 is 28.1 Å². The number of nitrogens with two attached hydrogens (primary N) is 3. The summed E-state index contributed by atoms with van der Waals surface area (Å²) in [5.74, 6) is -1.65. The van der Waals surface area contributed by atoms with Crippen molar-refractivity contribution in [1.82, 2.24) is 4.57 Å². The molecule has 0 aliphatic rings. The monoisotopic (exact) mass is 648 g/mol. The molecule has 1 aromatic heterocycles. The maximum atomic E-state index is 11.3. The zero-order valence-electron chi connectivity index (χ0n) is 25.6. The second kappa shape index (κ2) is 18.5. The summed E-state index contributed by atoms with van der Waals surface area (Å²) in [5, 5.41) is 23.6. The molecule has 15 heteroatoms. The van der Waals surface area contributed by atoms with Gasteiger partial charge in [-0.05, 0) is 74.6 Å². The molecule has 0 amide bonds. The molecule has 2 unspecified atom stereocenters. The van der Waals surface area contributed by atoms with Crippen molar-refractivity contribution in [3.05, 3.63) is 60.3 Å². The first kappa shape index (κ1) is 36.8. The van der Waals surface area contributed by atoms with Crippen molar-refractivity contribution in [1.29, 1.82) is 0 Å². The van der Waals surface area contributed by atoms with Crippen LogP contribution in [0.15, 0.2) is 54.7 Å². The van der Waals surface area contributed by atoms with Crippen molar-refractivity contribution in [2.45, 2.75) is 57.7 Å². The van der Waals surface area contributed by atoms with Gasteiger partial charge in [-0.3, -0.25) is 21.3 Å². The van der Waals surface area contributed by atoms with E-state index in [1.165, 1.54) is 0 Å². The predicted molar refractivity (Wildman–Crippen MR) is 170 cm³/mol. The summed E-state index contributed by atoms with van der Waals surface area (Å²) in [7, 11) is -3.55. The largest absolute Gasteiger partial charge is 0.550 e. The summed E-state index contributed by atoms with van der Waals surface area (Å²) < 4.78 is 35.2. The number of carbonyl (C=O) groups is 2.